The van der Waals surface area contributed by atoms with E-state index in [0.717, 1.165) is 12.8 Å². The minimum Gasteiger partial charge on any atom is -0.349 e. The molecule has 0 radical (unpaired) electrons. The molecule has 2 nitrogen and oxygen atoms in total. The van der Waals surface area contributed by atoms with Gasteiger partial charge in [-0.15, -0.1) is 0 Å². The van der Waals surface area contributed by atoms with Gasteiger partial charge in [-0.1, -0.05) is 37.4 Å². The van der Waals surface area contributed by atoms with Crippen molar-refractivity contribution in [2.45, 2.75) is 38.1 Å². The van der Waals surface area contributed by atoms with Crippen LogP contribution >= 0.6 is 11.6 Å². The van der Waals surface area contributed by atoms with Crippen molar-refractivity contribution in [3.8, 4) is 0 Å². The fraction of sp³-hybridized carbons (Fsp3) is 0.667. The van der Waals surface area contributed by atoms with E-state index < -0.39 is 0 Å². The SMILES string of the molecule is C=C(Cl)C(=O)NC1CCCCC1. The Labute approximate surface area is 78.0 Å². The minimum absolute atomic E-state index is 0.0839. The Morgan fingerprint density at radius 2 is 1.92 bits per heavy atom. The Hall–Kier alpha value is -0.500. The van der Waals surface area contributed by atoms with Gasteiger partial charge in [0, 0.05) is 6.04 Å². The standard InChI is InChI=1S/C9H14ClNO/c1-7(10)9(12)11-8-5-3-2-4-6-8/h8H,1-6H2,(H,11,12). The van der Waals surface area contributed by atoms with Crippen LogP contribution in [0.3, 0.4) is 0 Å². The quantitative estimate of drug-likeness (QED) is 0.660. The molecule has 3 heteroatoms. The Bertz CT molecular complexity index is 185. The third kappa shape index (κ3) is 2.86. The lowest BCUT2D eigenvalue weighted by molar-refractivity contribution is -0.117. The molecule has 1 aliphatic rings. The molecular weight excluding hydrogens is 174 g/mol. The minimum atomic E-state index is -0.219. The van der Waals surface area contributed by atoms with E-state index in [1.807, 2.05) is 0 Å². The first-order valence-electron chi connectivity index (χ1n) is 4.35. The predicted octanol–water partition coefficient (Wildman–Crippen LogP) is 2.19. The van der Waals surface area contributed by atoms with Crippen LogP contribution in [-0.4, -0.2) is 11.9 Å². The summed E-state index contributed by atoms with van der Waals surface area (Å²) >= 11 is 5.44. The van der Waals surface area contributed by atoms with Gasteiger partial charge in [0.2, 0.25) is 0 Å². The predicted molar refractivity (Wildman–Crippen MR) is 50.0 cm³/mol. The van der Waals surface area contributed by atoms with E-state index in [-0.39, 0.29) is 10.9 Å². The molecule has 1 amide bonds. The van der Waals surface area contributed by atoms with Gasteiger partial charge < -0.3 is 5.32 Å². The van der Waals surface area contributed by atoms with Crippen molar-refractivity contribution in [1.82, 2.24) is 5.32 Å². The van der Waals surface area contributed by atoms with Gasteiger partial charge in [0.15, 0.2) is 0 Å². The number of nitrogens with one attached hydrogen (secondary N) is 1. The first kappa shape index (κ1) is 9.59. The van der Waals surface area contributed by atoms with Gasteiger partial charge in [-0.2, -0.15) is 0 Å². The van der Waals surface area contributed by atoms with Crippen molar-refractivity contribution >= 4 is 17.5 Å². The third-order valence-corrected chi connectivity index (χ3v) is 2.36. The molecule has 68 valence electrons. The number of carbonyl (C=O) groups is 1. The lowest BCUT2D eigenvalue weighted by atomic mass is 9.95. The Kier molecular flexibility index (Phi) is 3.60. The van der Waals surface area contributed by atoms with Gasteiger partial charge in [0.25, 0.3) is 5.91 Å². The van der Waals surface area contributed by atoms with E-state index in [4.69, 9.17) is 11.6 Å². The highest BCUT2D eigenvalue weighted by Crippen LogP contribution is 2.17. The Morgan fingerprint density at radius 3 is 2.42 bits per heavy atom. The van der Waals surface area contributed by atoms with Crippen LogP contribution in [-0.2, 0) is 4.79 Å². The second-order valence-electron chi connectivity index (χ2n) is 3.21. The molecule has 0 saturated heterocycles. The highest BCUT2D eigenvalue weighted by atomic mass is 35.5. The van der Waals surface area contributed by atoms with E-state index >= 15 is 0 Å². The summed E-state index contributed by atoms with van der Waals surface area (Å²) < 4.78 is 0. The molecule has 0 aromatic carbocycles. The van der Waals surface area contributed by atoms with E-state index in [2.05, 4.69) is 11.9 Å². The van der Waals surface area contributed by atoms with E-state index in [1.165, 1.54) is 19.3 Å². The maximum absolute atomic E-state index is 11.1. The van der Waals surface area contributed by atoms with Crippen LogP contribution in [0, 0.1) is 0 Å². The van der Waals surface area contributed by atoms with Gasteiger partial charge in [0.1, 0.15) is 0 Å². The summed E-state index contributed by atoms with van der Waals surface area (Å²) in [5.74, 6) is -0.219. The zero-order valence-corrected chi connectivity index (χ0v) is 7.86. The Balaban J connectivity index is 2.29. The van der Waals surface area contributed by atoms with E-state index in [1.54, 1.807) is 0 Å². The van der Waals surface area contributed by atoms with Crippen molar-refractivity contribution in [2.24, 2.45) is 0 Å². The number of amides is 1. The average Bonchev–Trinajstić information content (AvgIpc) is 2.06. The average molecular weight is 188 g/mol. The molecule has 0 aliphatic heterocycles. The Morgan fingerprint density at radius 1 is 1.33 bits per heavy atom. The third-order valence-electron chi connectivity index (χ3n) is 2.19. The van der Waals surface area contributed by atoms with Crippen LogP contribution in [0.5, 0.6) is 0 Å². The lowest BCUT2D eigenvalue weighted by Crippen LogP contribution is -2.36. The molecule has 1 N–H and O–H groups in total. The van der Waals surface area contributed by atoms with Gasteiger partial charge in [-0.25, -0.2) is 0 Å². The summed E-state index contributed by atoms with van der Waals surface area (Å²) in [6.45, 7) is 3.37. The van der Waals surface area contributed by atoms with Crippen LogP contribution < -0.4 is 5.32 Å². The van der Waals surface area contributed by atoms with Crippen molar-refractivity contribution in [1.29, 1.82) is 0 Å². The first-order chi connectivity index (χ1) is 5.70. The van der Waals surface area contributed by atoms with E-state index in [0.29, 0.717) is 6.04 Å². The number of halogens is 1. The van der Waals surface area contributed by atoms with Gasteiger partial charge in [-0.3, -0.25) is 4.79 Å². The van der Waals surface area contributed by atoms with Crippen LogP contribution in [0.2, 0.25) is 0 Å². The maximum Gasteiger partial charge on any atom is 0.262 e. The summed E-state index contributed by atoms with van der Waals surface area (Å²) in [6, 6.07) is 0.321. The van der Waals surface area contributed by atoms with Crippen LogP contribution in [0.15, 0.2) is 11.6 Å². The van der Waals surface area contributed by atoms with Crippen LogP contribution in [0.25, 0.3) is 0 Å². The summed E-state index contributed by atoms with van der Waals surface area (Å²) in [4.78, 5) is 11.1. The molecule has 0 unspecified atom stereocenters. The molecule has 0 aromatic rings. The molecule has 0 heterocycles. The highest BCUT2D eigenvalue weighted by molar-refractivity contribution is 6.41. The number of carbonyl (C=O) groups excluding carboxylic acids is 1. The summed E-state index contributed by atoms with van der Waals surface area (Å²) in [5.41, 5.74) is 0. The molecule has 1 aliphatic carbocycles. The van der Waals surface area contributed by atoms with Gasteiger partial charge >= 0.3 is 0 Å². The topological polar surface area (TPSA) is 29.1 Å². The molecule has 0 spiro atoms. The molecular formula is C9H14ClNO. The zero-order chi connectivity index (χ0) is 8.97. The molecule has 0 bridgehead atoms. The smallest absolute Gasteiger partial charge is 0.262 e. The monoisotopic (exact) mass is 187 g/mol. The summed E-state index contributed by atoms with van der Waals surface area (Å²) in [7, 11) is 0. The molecule has 1 saturated carbocycles. The van der Waals surface area contributed by atoms with Crippen molar-refractivity contribution in [3.05, 3.63) is 11.6 Å². The highest BCUT2D eigenvalue weighted by Gasteiger charge is 2.15. The van der Waals surface area contributed by atoms with Crippen LogP contribution in [0.4, 0.5) is 0 Å². The number of rotatable bonds is 2. The fourth-order valence-electron chi connectivity index (χ4n) is 1.51. The largest absolute Gasteiger partial charge is 0.349 e. The fourth-order valence-corrected chi connectivity index (χ4v) is 1.57. The number of hydrogen-bond acceptors (Lipinski definition) is 1. The molecule has 0 aromatic heterocycles. The number of hydrogen-bond donors (Lipinski definition) is 1. The van der Waals surface area contributed by atoms with E-state index in [9.17, 15) is 4.79 Å². The first-order valence-corrected chi connectivity index (χ1v) is 4.73. The maximum atomic E-state index is 11.1. The normalized spacial score (nSPS) is 18.8. The molecule has 0 atom stereocenters. The summed E-state index contributed by atoms with van der Waals surface area (Å²) in [5, 5.41) is 2.93. The molecule has 12 heavy (non-hydrogen) atoms. The van der Waals surface area contributed by atoms with Crippen molar-refractivity contribution in [2.75, 3.05) is 0 Å². The van der Waals surface area contributed by atoms with Crippen molar-refractivity contribution < 1.29 is 4.79 Å². The van der Waals surface area contributed by atoms with Crippen molar-refractivity contribution in [3.63, 3.8) is 0 Å². The lowest BCUT2D eigenvalue weighted by Gasteiger charge is -2.22. The molecule has 1 rings (SSSR count). The molecule has 1 fully saturated rings. The second-order valence-corrected chi connectivity index (χ2v) is 3.67. The summed E-state index contributed by atoms with van der Waals surface area (Å²) in [6.07, 6.45) is 5.86. The van der Waals surface area contributed by atoms with Gasteiger partial charge in [-0.05, 0) is 12.8 Å². The van der Waals surface area contributed by atoms with Gasteiger partial charge in [0.05, 0.1) is 5.03 Å². The second kappa shape index (κ2) is 4.51. The zero-order valence-electron chi connectivity index (χ0n) is 7.11. The van der Waals surface area contributed by atoms with Crippen LogP contribution in [0.1, 0.15) is 32.1 Å².